The summed E-state index contributed by atoms with van der Waals surface area (Å²) in [5.74, 6) is -3.79. The van der Waals surface area contributed by atoms with E-state index in [-0.39, 0.29) is 34.5 Å². The van der Waals surface area contributed by atoms with Crippen LogP contribution in [0.15, 0.2) is 40.3 Å². The molecule has 1 aliphatic heterocycles. The predicted molar refractivity (Wildman–Crippen MR) is 110 cm³/mol. The fourth-order valence-corrected chi connectivity index (χ4v) is 5.29. The Morgan fingerprint density at radius 2 is 2.03 bits per heavy atom. The van der Waals surface area contributed by atoms with E-state index in [9.17, 15) is 26.7 Å². The number of sulfonamides is 1. The smallest absolute Gasteiger partial charge is 0.246 e. The molecule has 0 fully saturated rings. The number of anilines is 2. The lowest BCUT2D eigenvalue weighted by atomic mass is 10.1. The van der Waals surface area contributed by atoms with E-state index in [4.69, 9.17) is 0 Å². The molecule has 164 valence electrons. The molecular weight excluding hydrogens is 439 g/mol. The standard InChI is InChI=1S/C19H22F3N3O3S2/c1-19(21,22)8-7-14-11-25(13-6-4-5-12(20)9-13)17-16(30(27,28)24(14)2)10-15(26)18(23-17)29-3/h4-6,9-10,14,26H,7-8,11H2,1-3H3/t14-/m1/s1. The highest BCUT2D eigenvalue weighted by molar-refractivity contribution is 7.98. The number of aromatic nitrogens is 1. The topological polar surface area (TPSA) is 73.7 Å². The summed E-state index contributed by atoms with van der Waals surface area (Å²) in [4.78, 5) is 5.54. The van der Waals surface area contributed by atoms with Crippen molar-refractivity contribution < 1.29 is 26.7 Å². The van der Waals surface area contributed by atoms with Crippen molar-refractivity contribution in [3.8, 4) is 5.75 Å². The molecule has 0 saturated carbocycles. The average Bonchev–Trinajstić information content (AvgIpc) is 2.73. The van der Waals surface area contributed by atoms with Crippen molar-refractivity contribution in [2.75, 3.05) is 24.7 Å². The highest BCUT2D eigenvalue weighted by Gasteiger charge is 2.39. The zero-order valence-corrected chi connectivity index (χ0v) is 18.3. The minimum Gasteiger partial charge on any atom is -0.505 e. The van der Waals surface area contributed by atoms with Gasteiger partial charge in [-0.3, -0.25) is 0 Å². The van der Waals surface area contributed by atoms with Gasteiger partial charge < -0.3 is 10.0 Å². The highest BCUT2D eigenvalue weighted by atomic mass is 32.2. The fourth-order valence-electron chi connectivity index (χ4n) is 3.32. The molecule has 1 N–H and O–H groups in total. The summed E-state index contributed by atoms with van der Waals surface area (Å²) in [6.07, 6.45) is 1.05. The van der Waals surface area contributed by atoms with E-state index in [0.29, 0.717) is 5.69 Å². The maximum Gasteiger partial charge on any atom is 0.246 e. The lowest BCUT2D eigenvalue weighted by Crippen LogP contribution is -2.41. The van der Waals surface area contributed by atoms with Crippen LogP contribution in [0.1, 0.15) is 19.8 Å². The van der Waals surface area contributed by atoms with E-state index in [0.717, 1.165) is 29.1 Å². The maximum atomic E-state index is 13.9. The van der Waals surface area contributed by atoms with Gasteiger partial charge in [0.2, 0.25) is 15.9 Å². The number of fused-ring (bicyclic) bond motifs is 1. The van der Waals surface area contributed by atoms with Crippen LogP contribution in [0, 0.1) is 5.82 Å². The van der Waals surface area contributed by atoms with E-state index in [1.54, 1.807) is 12.3 Å². The van der Waals surface area contributed by atoms with E-state index >= 15 is 0 Å². The van der Waals surface area contributed by atoms with Crippen LogP contribution < -0.4 is 4.90 Å². The third-order valence-corrected chi connectivity index (χ3v) is 7.56. The Hall–Kier alpha value is -1.98. The van der Waals surface area contributed by atoms with Gasteiger partial charge in [0, 0.05) is 37.8 Å². The summed E-state index contributed by atoms with van der Waals surface area (Å²) >= 11 is 1.12. The number of hydrogen-bond donors (Lipinski definition) is 1. The predicted octanol–water partition coefficient (Wildman–Crippen LogP) is 4.22. The molecule has 0 unspecified atom stereocenters. The summed E-state index contributed by atoms with van der Waals surface area (Å²) in [6, 6.07) is 5.81. The third-order valence-electron chi connectivity index (χ3n) is 4.96. The third kappa shape index (κ3) is 4.52. The van der Waals surface area contributed by atoms with Crippen LogP contribution in [0.2, 0.25) is 0 Å². The van der Waals surface area contributed by atoms with Gasteiger partial charge in [-0.15, -0.1) is 11.8 Å². The van der Waals surface area contributed by atoms with Gasteiger partial charge in [0.15, 0.2) is 5.82 Å². The zero-order chi connectivity index (χ0) is 22.3. The molecule has 30 heavy (non-hydrogen) atoms. The van der Waals surface area contributed by atoms with Gasteiger partial charge >= 0.3 is 0 Å². The van der Waals surface area contributed by atoms with Gasteiger partial charge in [-0.25, -0.2) is 26.6 Å². The van der Waals surface area contributed by atoms with Crippen molar-refractivity contribution in [3.05, 3.63) is 36.1 Å². The van der Waals surface area contributed by atoms with Crippen molar-refractivity contribution in [1.82, 2.24) is 9.29 Å². The molecule has 0 amide bonds. The van der Waals surface area contributed by atoms with E-state index in [1.165, 1.54) is 30.1 Å². The van der Waals surface area contributed by atoms with Gasteiger partial charge in [0.25, 0.3) is 0 Å². The molecule has 1 atom stereocenters. The maximum absolute atomic E-state index is 13.9. The van der Waals surface area contributed by atoms with Crippen LogP contribution in [0.3, 0.4) is 0 Å². The summed E-state index contributed by atoms with van der Waals surface area (Å²) in [6.45, 7) is 0.773. The fraction of sp³-hybridized carbons (Fsp3) is 0.421. The Bertz CT molecular complexity index is 1050. The molecular formula is C19H22F3N3O3S2. The molecule has 0 aliphatic carbocycles. The number of halogens is 3. The Labute approximate surface area is 177 Å². The van der Waals surface area contributed by atoms with Crippen LogP contribution in [-0.2, 0) is 10.0 Å². The monoisotopic (exact) mass is 461 g/mol. The molecule has 0 radical (unpaired) electrons. The summed E-state index contributed by atoms with van der Waals surface area (Å²) < 4.78 is 68.4. The molecule has 6 nitrogen and oxygen atoms in total. The molecule has 2 heterocycles. The number of likely N-dealkylation sites (N-methyl/N-ethyl adjacent to an activating group) is 1. The molecule has 1 aromatic carbocycles. The SMILES string of the molecule is CSc1nc2c(cc1O)S(=O)(=O)N(C)[C@H](CCC(C)(F)F)CN2c1cccc(F)c1. The number of rotatable bonds is 5. The summed E-state index contributed by atoms with van der Waals surface area (Å²) in [5, 5.41) is 10.4. The van der Waals surface area contributed by atoms with Gasteiger partial charge in [-0.1, -0.05) is 6.07 Å². The van der Waals surface area contributed by atoms with Crippen LogP contribution in [-0.4, -0.2) is 54.6 Å². The first-order chi connectivity index (χ1) is 13.9. The lowest BCUT2D eigenvalue weighted by molar-refractivity contribution is 0.00680. The molecule has 0 bridgehead atoms. The first-order valence-corrected chi connectivity index (χ1v) is 11.8. The van der Waals surface area contributed by atoms with Gasteiger partial charge in [0.1, 0.15) is 21.5 Å². The highest BCUT2D eigenvalue weighted by Crippen LogP contribution is 2.41. The van der Waals surface area contributed by atoms with Crippen LogP contribution in [0.5, 0.6) is 5.75 Å². The normalized spacial score (nSPS) is 19.4. The first kappa shape index (κ1) is 22.7. The van der Waals surface area contributed by atoms with E-state index in [1.807, 2.05) is 0 Å². The Morgan fingerprint density at radius 3 is 2.63 bits per heavy atom. The summed E-state index contributed by atoms with van der Waals surface area (Å²) in [7, 11) is -2.84. The van der Waals surface area contributed by atoms with Gasteiger partial charge in [-0.2, -0.15) is 4.31 Å². The second-order valence-corrected chi connectivity index (χ2v) is 9.97. The zero-order valence-electron chi connectivity index (χ0n) is 16.6. The van der Waals surface area contributed by atoms with Gasteiger partial charge in [-0.05, 0) is 37.8 Å². The Kier molecular flexibility index (Phi) is 6.26. The molecule has 3 rings (SSSR count). The van der Waals surface area contributed by atoms with Crippen LogP contribution in [0.25, 0.3) is 0 Å². The van der Waals surface area contributed by atoms with Gasteiger partial charge in [0.05, 0.1) is 0 Å². The minimum absolute atomic E-state index is 0.00609. The van der Waals surface area contributed by atoms with Crippen molar-refractivity contribution in [3.63, 3.8) is 0 Å². The number of benzene rings is 1. The average molecular weight is 462 g/mol. The van der Waals surface area contributed by atoms with Crippen molar-refractivity contribution in [2.45, 2.75) is 41.7 Å². The number of nitrogens with zero attached hydrogens (tertiary/aromatic N) is 3. The minimum atomic E-state index is -4.15. The number of alkyl halides is 2. The molecule has 1 aliphatic rings. The molecule has 2 aromatic rings. The number of hydrogen-bond acceptors (Lipinski definition) is 6. The molecule has 0 saturated heterocycles. The van der Waals surface area contributed by atoms with Crippen LogP contribution in [0.4, 0.5) is 24.7 Å². The van der Waals surface area contributed by atoms with Crippen LogP contribution >= 0.6 is 11.8 Å². The first-order valence-electron chi connectivity index (χ1n) is 9.11. The van der Waals surface area contributed by atoms with Crippen molar-refractivity contribution >= 4 is 33.3 Å². The second-order valence-electron chi connectivity index (χ2n) is 7.21. The Balaban J connectivity index is 2.20. The molecule has 0 spiro atoms. The molecule has 11 heteroatoms. The van der Waals surface area contributed by atoms with Crippen molar-refractivity contribution in [1.29, 1.82) is 0 Å². The van der Waals surface area contributed by atoms with E-state index < -0.39 is 34.2 Å². The Morgan fingerprint density at radius 1 is 1.33 bits per heavy atom. The number of thioether (sulfide) groups is 1. The quantitative estimate of drug-likeness (QED) is 0.672. The largest absolute Gasteiger partial charge is 0.505 e. The number of aromatic hydroxyl groups is 1. The summed E-state index contributed by atoms with van der Waals surface area (Å²) in [5.41, 5.74) is 0.334. The second kappa shape index (κ2) is 8.27. The van der Waals surface area contributed by atoms with Crippen molar-refractivity contribution in [2.24, 2.45) is 0 Å². The molecule has 1 aromatic heterocycles. The lowest BCUT2D eigenvalue weighted by Gasteiger charge is -2.29. The number of pyridine rings is 1. The van der Waals surface area contributed by atoms with E-state index in [2.05, 4.69) is 4.98 Å².